The highest BCUT2D eigenvalue weighted by Gasteiger charge is 2.01. The van der Waals surface area contributed by atoms with Crippen LogP contribution in [0.5, 0.6) is 11.5 Å². The molecule has 2 rings (SSSR count). The van der Waals surface area contributed by atoms with Gasteiger partial charge in [-0.1, -0.05) is 0 Å². The third-order valence-electron chi connectivity index (χ3n) is 4.19. The monoisotopic (exact) mass is 515 g/mol. The highest BCUT2D eigenvalue weighted by molar-refractivity contribution is 14.0. The first kappa shape index (κ1) is 25.1. The van der Waals surface area contributed by atoms with E-state index in [0.29, 0.717) is 13.2 Å². The molecular weight excluding hydrogens is 481 g/mol. The Balaban J connectivity index is 0.00000420. The topological polar surface area (TPSA) is 72.7 Å². The van der Waals surface area contributed by atoms with E-state index < -0.39 is 0 Å². The molecule has 0 atom stereocenters. The molecule has 0 spiro atoms. The third-order valence-corrected chi connectivity index (χ3v) is 4.19. The van der Waals surface area contributed by atoms with Gasteiger partial charge in [0.2, 0.25) is 0 Å². The lowest BCUT2D eigenvalue weighted by Gasteiger charge is -2.12. The molecule has 1 aromatic heterocycles. The summed E-state index contributed by atoms with van der Waals surface area (Å²) < 4.78 is 12.9. The van der Waals surface area contributed by atoms with E-state index in [9.17, 15) is 0 Å². The van der Waals surface area contributed by atoms with Crippen LogP contribution >= 0.6 is 24.0 Å². The fraction of sp³-hybridized carbons (Fsp3) is 0.524. The molecule has 1 heterocycles. The van der Waals surface area contributed by atoms with Gasteiger partial charge in [0.1, 0.15) is 11.5 Å². The van der Waals surface area contributed by atoms with Gasteiger partial charge in [-0.05, 0) is 57.5 Å². The second-order valence-electron chi connectivity index (χ2n) is 6.57. The van der Waals surface area contributed by atoms with Crippen LogP contribution in [0.1, 0.15) is 31.2 Å². The van der Waals surface area contributed by atoms with Crippen molar-refractivity contribution < 1.29 is 9.47 Å². The van der Waals surface area contributed by atoms with Crippen molar-refractivity contribution in [1.29, 1.82) is 0 Å². The van der Waals surface area contributed by atoms with Crippen LogP contribution in [0.3, 0.4) is 0 Å². The second kappa shape index (κ2) is 14.1. The number of ether oxygens (including phenoxy) is 2. The summed E-state index contributed by atoms with van der Waals surface area (Å²) >= 11 is 0. The Morgan fingerprint density at radius 2 is 1.83 bits per heavy atom. The Kier molecular flexibility index (Phi) is 12.2. The number of halogens is 1. The number of hydrogen-bond donors (Lipinski definition) is 2. The molecule has 0 aliphatic rings. The van der Waals surface area contributed by atoms with E-state index in [1.165, 1.54) is 5.69 Å². The summed E-state index contributed by atoms with van der Waals surface area (Å²) in [6, 6.07) is 9.72. The maximum atomic E-state index is 5.73. The summed E-state index contributed by atoms with van der Waals surface area (Å²) in [5.41, 5.74) is 2.27. The highest BCUT2D eigenvalue weighted by Crippen LogP contribution is 2.16. The van der Waals surface area contributed by atoms with Crippen molar-refractivity contribution in [2.75, 3.05) is 33.4 Å². The zero-order valence-electron chi connectivity index (χ0n) is 17.9. The van der Waals surface area contributed by atoms with E-state index >= 15 is 0 Å². The lowest BCUT2D eigenvalue weighted by molar-refractivity contribution is 0.312. The molecule has 0 aliphatic carbocycles. The minimum Gasteiger partial charge on any atom is -0.497 e. The van der Waals surface area contributed by atoms with Gasteiger partial charge in [-0.3, -0.25) is 9.67 Å². The average molecular weight is 515 g/mol. The van der Waals surface area contributed by atoms with Crippen molar-refractivity contribution in [3.63, 3.8) is 0 Å². The first-order chi connectivity index (χ1) is 13.6. The summed E-state index contributed by atoms with van der Waals surface area (Å²) in [5, 5.41) is 11.2. The fourth-order valence-electron chi connectivity index (χ4n) is 2.80. The molecule has 1 aromatic carbocycles. The fourth-order valence-corrected chi connectivity index (χ4v) is 2.80. The normalized spacial score (nSPS) is 11.0. The molecule has 0 bridgehead atoms. The molecule has 2 N–H and O–H groups in total. The number of aliphatic imine (C=N–C) groups is 1. The number of benzene rings is 1. The Morgan fingerprint density at radius 3 is 2.45 bits per heavy atom. The van der Waals surface area contributed by atoms with Gasteiger partial charge in [-0.2, -0.15) is 5.10 Å². The Hall–Kier alpha value is -1.97. The van der Waals surface area contributed by atoms with Crippen LogP contribution in [-0.2, 0) is 6.54 Å². The SMILES string of the molecule is CCNC(=NCCCOc1ccc(OC)cc1)NCCCn1nc(C)cc1C.I. The van der Waals surface area contributed by atoms with Gasteiger partial charge in [0.25, 0.3) is 0 Å². The van der Waals surface area contributed by atoms with Crippen molar-refractivity contribution in [3.05, 3.63) is 41.7 Å². The van der Waals surface area contributed by atoms with Crippen LogP contribution in [0.4, 0.5) is 0 Å². The van der Waals surface area contributed by atoms with E-state index in [2.05, 4.69) is 45.3 Å². The smallest absolute Gasteiger partial charge is 0.191 e. The van der Waals surface area contributed by atoms with Crippen LogP contribution in [0.2, 0.25) is 0 Å². The standard InChI is InChI=1S/C21H33N5O2.HI/c1-5-22-21(23-12-6-14-26-18(3)16-17(2)25-26)24-13-7-15-28-20-10-8-19(27-4)9-11-20;/h8-11,16H,5-7,12-15H2,1-4H3,(H2,22,23,24);1H. The van der Waals surface area contributed by atoms with Gasteiger partial charge in [-0.25, -0.2) is 0 Å². The summed E-state index contributed by atoms with van der Waals surface area (Å²) in [4.78, 5) is 4.61. The molecule has 0 aliphatic heterocycles. The number of aromatic nitrogens is 2. The van der Waals surface area contributed by atoms with Gasteiger partial charge in [-0.15, -0.1) is 24.0 Å². The molecule has 162 valence electrons. The van der Waals surface area contributed by atoms with Crippen LogP contribution in [0.25, 0.3) is 0 Å². The second-order valence-corrected chi connectivity index (χ2v) is 6.57. The molecule has 0 fully saturated rings. The van der Waals surface area contributed by atoms with Crippen molar-refractivity contribution >= 4 is 29.9 Å². The predicted molar refractivity (Wildman–Crippen MR) is 129 cm³/mol. The van der Waals surface area contributed by atoms with Gasteiger partial charge in [0.05, 0.1) is 19.4 Å². The lowest BCUT2D eigenvalue weighted by atomic mass is 10.3. The number of aryl methyl sites for hydroxylation is 3. The average Bonchev–Trinajstić information content (AvgIpc) is 3.02. The number of rotatable bonds is 11. The summed E-state index contributed by atoms with van der Waals surface area (Å²) in [6.45, 7) is 10.1. The van der Waals surface area contributed by atoms with Crippen LogP contribution in [-0.4, -0.2) is 49.1 Å². The quantitative estimate of drug-likeness (QED) is 0.207. The minimum atomic E-state index is 0. The molecule has 2 aromatic rings. The van der Waals surface area contributed by atoms with Gasteiger partial charge in [0, 0.05) is 38.3 Å². The third kappa shape index (κ3) is 9.38. The summed E-state index contributed by atoms with van der Waals surface area (Å²) in [5.74, 6) is 2.52. The summed E-state index contributed by atoms with van der Waals surface area (Å²) in [7, 11) is 1.66. The molecule has 7 nitrogen and oxygen atoms in total. The first-order valence-electron chi connectivity index (χ1n) is 9.92. The van der Waals surface area contributed by atoms with Crippen molar-refractivity contribution in [2.45, 2.75) is 40.2 Å². The maximum Gasteiger partial charge on any atom is 0.191 e. The largest absolute Gasteiger partial charge is 0.497 e. The molecule has 0 unspecified atom stereocenters. The number of guanidine groups is 1. The molecule has 0 radical (unpaired) electrons. The van der Waals surface area contributed by atoms with Gasteiger partial charge < -0.3 is 20.1 Å². The number of hydrogen-bond acceptors (Lipinski definition) is 4. The van der Waals surface area contributed by atoms with Crippen molar-refractivity contribution in [3.8, 4) is 11.5 Å². The maximum absolute atomic E-state index is 5.73. The van der Waals surface area contributed by atoms with E-state index in [1.54, 1.807) is 7.11 Å². The Morgan fingerprint density at radius 1 is 1.10 bits per heavy atom. The van der Waals surface area contributed by atoms with Crippen LogP contribution in [0, 0.1) is 13.8 Å². The van der Waals surface area contributed by atoms with Crippen molar-refractivity contribution in [1.82, 2.24) is 20.4 Å². The molecular formula is C21H34IN5O2. The number of nitrogens with one attached hydrogen (secondary N) is 2. The van der Waals surface area contributed by atoms with Crippen LogP contribution in [0.15, 0.2) is 35.3 Å². The van der Waals surface area contributed by atoms with E-state index in [0.717, 1.165) is 55.6 Å². The van der Waals surface area contributed by atoms with E-state index in [1.807, 2.05) is 31.2 Å². The molecule has 8 heteroatoms. The Bertz CT molecular complexity index is 731. The molecule has 29 heavy (non-hydrogen) atoms. The first-order valence-corrected chi connectivity index (χ1v) is 9.92. The Labute approximate surface area is 191 Å². The number of nitrogens with zero attached hydrogens (tertiary/aromatic N) is 3. The number of methoxy groups -OCH3 is 1. The predicted octanol–water partition coefficient (Wildman–Crippen LogP) is 3.54. The minimum absolute atomic E-state index is 0. The molecule has 0 amide bonds. The van der Waals surface area contributed by atoms with Gasteiger partial charge in [0.15, 0.2) is 5.96 Å². The molecule has 0 saturated carbocycles. The molecule has 0 saturated heterocycles. The van der Waals surface area contributed by atoms with Gasteiger partial charge >= 0.3 is 0 Å². The van der Waals surface area contributed by atoms with Crippen LogP contribution < -0.4 is 20.1 Å². The zero-order chi connectivity index (χ0) is 20.2. The highest BCUT2D eigenvalue weighted by atomic mass is 127. The van der Waals surface area contributed by atoms with Crippen molar-refractivity contribution in [2.24, 2.45) is 4.99 Å². The lowest BCUT2D eigenvalue weighted by Crippen LogP contribution is -2.38. The summed E-state index contributed by atoms with van der Waals surface area (Å²) in [6.07, 6.45) is 1.85. The van der Waals surface area contributed by atoms with E-state index in [-0.39, 0.29) is 24.0 Å². The zero-order valence-corrected chi connectivity index (χ0v) is 20.2. The van der Waals surface area contributed by atoms with E-state index in [4.69, 9.17) is 9.47 Å².